The van der Waals surface area contributed by atoms with Crippen LogP contribution in [0.5, 0.6) is 5.75 Å². The molecule has 0 aliphatic heterocycles. The average Bonchev–Trinajstić information content (AvgIpc) is 2.75. The molecular formula is C11H10ClF2N3O. The van der Waals surface area contributed by atoms with Gasteiger partial charge in [-0.1, -0.05) is 23.4 Å². The Hall–Kier alpha value is -1.69. The third kappa shape index (κ3) is 2.43. The molecule has 1 aromatic heterocycles. The van der Waals surface area contributed by atoms with E-state index in [1.54, 1.807) is 18.2 Å². The molecule has 0 aliphatic carbocycles. The summed E-state index contributed by atoms with van der Waals surface area (Å²) in [6.07, 6.45) is -2.71. The average molecular weight is 274 g/mol. The number of phenols is 1. The highest BCUT2D eigenvalue weighted by Crippen LogP contribution is 2.24. The fourth-order valence-corrected chi connectivity index (χ4v) is 1.80. The van der Waals surface area contributed by atoms with Gasteiger partial charge in [-0.25, -0.2) is 13.5 Å². The molecule has 1 aromatic carbocycles. The lowest BCUT2D eigenvalue weighted by Crippen LogP contribution is -2.08. The predicted octanol–water partition coefficient (Wildman–Crippen LogP) is 2.71. The molecule has 1 N–H and O–H groups in total. The first-order valence-electron chi connectivity index (χ1n) is 5.16. The minimum Gasteiger partial charge on any atom is -0.508 e. The third-order valence-corrected chi connectivity index (χ3v) is 2.75. The molecule has 18 heavy (non-hydrogen) atoms. The Morgan fingerprint density at radius 2 is 2.06 bits per heavy atom. The van der Waals surface area contributed by atoms with Gasteiger partial charge in [0.15, 0.2) is 0 Å². The van der Waals surface area contributed by atoms with E-state index in [0.29, 0.717) is 5.56 Å². The van der Waals surface area contributed by atoms with Crippen molar-refractivity contribution in [3.8, 4) is 5.75 Å². The van der Waals surface area contributed by atoms with Crippen LogP contribution in [-0.4, -0.2) is 20.1 Å². The van der Waals surface area contributed by atoms with Crippen LogP contribution >= 0.6 is 11.6 Å². The standard InChI is InChI=1S/C11H10ClF2N3O/c12-5-8-10(11(13)14)17(16-15-8)6-7-3-1-2-4-9(7)18/h1-4,11,18H,5-6H2. The predicted molar refractivity (Wildman–Crippen MR) is 61.7 cm³/mol. The Morgan fingerprint density at radius 3 is 2.67 bits per heavy atom. The highest BCUT2D eigenvalue weighted by molar-refractivity contribution is 6.16. The fraction of sp³-hybridized carbons (Fsp3) is 0.273. The lowest BCUT2D eigenvalue weighted by molar-refractivity contribution is 0.139. The zero-order chi connectivity index (χ0) is 13.1. The summed E-state index contributed by atoms with van der Waals surface area (Å²) in [7, 11) is 0. The molecule has 2 aromatic rings. The lowest BCUT2D eigenvalue weighted by atomic mass is 10.2. The van der Waals surface area contributed by atoms with Crippen molar-refractivity contribution in [2.45, 2.75) is 18.9 Å². The van der Waals surface area contributed by atoms with Gasteiger partial charge in [-0.2, -0.15) is 0 Å². The maximum atomic E-state index is 12.9. The SMILES string of the molecule is Oc1ccccc1Cn1nnc(CCl)c1C(F)F. The largest absolute Gasteiger partial charge is 0.508 e. The van der Waals surface area contributed by atoms with E-state index in [1.165, 1.54) is 6.07 Å². The maximum Gasteiger partial charge on any atom is 0.281 e. The number of aromatic hydroxyl groups is 1. The van der Waals surface area contributed by atoms with Crippen molar-refractivity contribution in [3.05, 3.63) is 41.2 Å². The smallest absolute Gasteiger partial charge is 0.281 e. The first kappa shape index (κ1) is 12.8. The number of para-hydroxylation sites is 1. The zero-order valence-electron chi connectivity index (χ0n) is 9.22. The van der Waals surface area contributed by atoms with E-state index in [4.69, 9.17) is 11.6 Å². The Kier molecular flexibility index (Phi) is 3.76. The quantitative estimate of drug-likeness (QED) is 0.872. The number of hydrogen-bond acceptors (Lipinski definition) is 3. The second kappa shape index (κ2) is 5.30. The van der Waals surface area contributed by atoms with E-state index in [0.717, 1.165) is 4.68 Å². The maximum absolute atomic E-state index is 12.9. The molecule has 96 valence electrons. The van der Waals surface area contributed by atoms with Gasteiger partial charge in [0.05, 0.1) is 12.4 Å². The number of halogens is 3. The molecular weight excluding hydrogens is 264 g/mol. The molecule has 7 heteroatoms. The molecule has 0 aliphatic rings. The van der Waals surface area contributed by atoms with Crippen LogP contribution < -0.4 is 0 Å². The molecule has 0 saturated heterocycles. The lowest BCUT2D eigenvalue weighted by Gasteiger charge is -2.07. The van der Waals surface area contributed by atoms with Crippen LogP contribution in [0.3, 0.4) is 0 Å². The summed E-state index contributed by atoms with van der Waals surface area (Å²) in [6.45, 7) is 0.0240. The molecule has 4 nitrogen and oxygen atoms in total. The molecule has 0 unspecified atom stereocenters. The minimum absolute atomic E-state index is 0.0240. The van der Waals surface area contributed by atoms with Gasteiger partial charge < -0.3 is 5.11 Å². The van der Waals surface area contributed by atoms with Crippen LogP contribution in [0.15, 0.2) is 24.3 Å². The topological polar surface area (TPSA) is 50.9 Å². The summed E-state index contributed by atoms with van der Waals surface area (Å²) < 4.78 is 26.8. The van der Waals surface area contributed by atoms with E-state index < -0.39 is 6.43 Å². The Labute approximate surface area is 107 Å². The van der Waals surface area contributed by atoms with Gasteiger partial charge in [-0.05, 0) is 6.07 Å². The van der Waals surface area contributed by atoms with Crippen LogP contribution in [0.25, 0.3) is 0 Å². The van der Waals surface area contributed by atoms with Crippen molar-refractivity contribution in [1.29, 1.82) is 0 Å². The van der Waals surface area contributed by atoms with E-state index in [9.17, 15) is 13.9 Å². The second-order valence-corrected chi connectivity index (χ2v) is 3.91. The van der Waals surface area contributed by atoms with Crippen LogP contribution in [0.1, 0.15) is 23.4 Å². The first-order valence-corrected chi connectivity index (χ1v) is 5.70. The summed E-state index contributed by atoms with van der Waals surface area (Å²) in [6, 6.07) is 6.47. The van der Waals surface area contributed by atoms with Crippen molar-refractivity contribution in [2.24, 2.45) is 0 Å². The molecule has 0 bridgehead atoms. The number of aromatic nitrogens is 3. The van der Waals surface area contributed by atoms with Gasteiger partial charge in [-0.15, -0.1) is 16.7 Å². The number of benzene rings is 1. The molecule has 0 atom stereocenters. The van der Waals surface area contributed by atoms with Gasteiger partial charge in [0.2, 0.25) is 0 Å². The van der Waals surface area contributed by atoms with Crippen LogP contribution in [0.4, 0.5) is 8.78 Å². The Bertz CT molecular complexity index is 545. The molecule has 0 saturated carbocycles. The molecule has 0 amide bonds. The van der Waals surface area contributed by atoms with Crippen molar-refractivity contribution in [1.82, 2.24) is 15.0 Å². The Morgan fingerprint density at radius 1 is 1.33 bits per heavy atom. The zero-order valence-corrected chi connectivity index (χ0v) is 9.98. The van der Waals surface area contributed by atoms with E-state index in [1.807, 2.05) is 0 Å². The Balaban J connectivity index is 2.35. The monoisotopic (exact) mass is 273 g/mol. The van der Waals surface area contributed by atoms with Crippen LogP contribution in [0.2, 0.25) is 0 Å². The van der Waals surface area contributed by atoms with Crippen molar-refractivity contribution in [2.75, 3.05) is 0 Å². The van der Waals surface area contributed by atoms with Gasteiger partial charge in [-0.3, -0.25) is 0 Å². The molecule has 0 spiro atoms. The molecule has 2 rings (SSSR count). The number of phenolic OH excluding ortho intramolecular Hbond substituents is 1. The first-order chi connectivity index (χ1) is 8.63. The number of rotatable bonds is 4. The van der Waals surface area contributed by atoms with Gasteiger partial charge in [0.25, 0.3) is 6.43 Å². The highest BCUT2D eigenvalue weighted by Gasteiger charge is 2.21. The summed E-state index contributed by atoms with van der Waals surface area (Å²) in [5, 5.41) is 16.8. The number of nitrogens with zero attached hydrogens (tertiary/aromatic N) is 3. The van der Waals surface area contributed by atoms with E-state index >= 15 is 0 Å². The van der Waals surface area contributed by atoms with Crippen molar-refractivity contribution in [3.63, 3.8) is 0 Å². The minimum atomic E-state index is -2.71. The molecule has 0 radical (unpaired) electrons. The normalized spacial score (nSPS) is 11.1. The number of alkyl halides is 3. The summed E-state index contributed by atoms with van der Waals surface area (Å²) in [5.41, 5.74) is 0.237. The van der Waals surface area contributed by atoms with Gasteiger partial charge >= 0.3 is 0 Å². The third-order valence-electron chi connectivity index (χ3n) is 2.49. The highest BCUT2D eigenvalue weighted by atomic mass is 35.5. The van der Waals surface area contributed by atoms with E-state index in [2.05, 4.69) is 10.3 Å². The fourth-order valence-electron chi connectivity index (χ4n) is 1.61. The summed E-state index contributed by atoms with van der Waals surface area (Å²) in [5.74, 6) is -0.0962. The van der Waals surface area contributed by atoms with Gasteiger partial charge in [0.1, 0.15) is 17.1 Å². The van der Waals surface area contributed by atoms with Crippen molar-refractivity contribution >= 4 is 11.6 Å². The second-order valence-electron chi connectivity index (χ2n) is 3.64. The summed E-state index contributed by atoms with van der Waals surface area (Å²) >= 11 is 5.53. The van der Waals surface area contributed by atoms with Crippen molar-refractivity contribution < 1.29 is 13.9 Å². The molecule has 1 heterocycles. The molecule has 0 fully saturated rings. The number of hydrogen-bond donors (Lipinski definition) is 1. The van der Waals surface area contributed by atoms with E-state index in [-0.39, 0.29) is 29.6 Å². The van der Waals surface area contributed by atoms with Crippen LogP contribution in [0, 0.1) is 0 Å². The van der Waals surface area contributed by atoms with Crippen LogP contribution in [-0.2, 0) is 12.4 Å². The van der Waals surface area contributed by atoms with Gasteiger partial charge in [0, 0.05) is 5.56 Å². The summed E-state index contributed by atoms with van der Waals surface area (Å²) in [4.78, 5) is 0.